The van der Waals surface area contributed by atoms with Gasteiger partial charge in [0, 0.05) is 22.7 Å². The molecule has 0 saturated heterocycles. The first-order chi connectivity index (χ1) is 10.6. The van der Waals surface area contributed by atoms with Crippen molar-refractivity contribution in [3.8, 4) is 22.8 Å². The molecule has 4 heteroatoms. The van der Waals surface area contributed by atoms with Gasteiger partial charge in [0.05, 0.1) is 31.6 Å². The first-order valence-corrected chi connectivity index (χ1v) is 7.08. The fourth-order valence-corrected chi connectivity index (χ4v) is 2.62. The third-order valence-corrected chi connectivity index (χ3v) is 3.86. The molecule has 0 fully saturated rings. The molecule has 3 aromatic rings. The average molecular weight is 294 g/mol. The quantitative estimate of drug-likeness (QED) is 0.734. The van der Waals surface area contributed by atoms with Crippen LogP contribution in [-0.4, -0.2) is 24.2 Å². The number of hydrogen-bond acceptors (Lipinski definition) is 4. The predicted molar refractivity (Wildman–Crippen MR) is 87.6 cm³/mol. The van der Waals surface area contributed by atoms with Crippen molar-refractivity contribution in [1.29, 1.82) is 0 Å². The smallest absolute Gasteiger partial charge is 0.137 e. The van der Waals surface area contributed by atoms with Gasteiger partial charge >= 0.3 is 0 Å². The minimum absolute atomic E-state index is 0.722. The van der Waals surface area contributed by atoms with E-state index in [4.69, 9.17) is 14.5 Å². The minimum Gasteiger partial charge on any atom is -0.496 e. The van der Waals surface area contributed by atoms with Gasteiger partial charge < -0.3 is 9.47 Å². The van der Waals surface area contributed by atoms with Crippen molar-refractivity contribution in [2.75, 3.05) is 14.2 Å². The van der Waals surface area contributed by atoms with Crippen LogP contribution in [0.25, 0.3) is 22.2 Å². The van der Waals surface area contributed by atoms with E-state index in [-0.39, 0.29) is 0 Å². The van der Waals surface area contributed by atoms with Crippen LogP contribution < -0.4 is 9.47 Å². The lowest BCUT2D eigenvalue weighted by atomic mass is 10.0. The Bertz CT molecular complexity index is 844. The molecule has 0 unspecified atom stereocenters. The molecular formula is C18H18N2O2. The van der Waals surface area contributed by atoms with E-state index in [1.165, 1.54) is 5.56 Å². The van der Waals surface area contributed by atoms with Gasteiger partial charge in [0.15, 0.2) is 0 Å². The third-order valence-electron chi connectivity index (χ3n) is 3.86. The molecule has 0 radical (unpaired) electrons. The molecule has 0 bridgehead atoms. The number of aromatic nitrogens is 2. The van der Waals surface area contributed by atoms with Gasteiger partial charge in [-0.05, 0) is 43.7 Å². The molecule has 4 nitrogen and oxygen atoms in total. The summed E-state index contributed by atoms with van der Waals surface area (Å²) in [5.74, 6) is 1.57. The maximum Gasteiger partial charge on any atom is 0.137 e. The van der Waals surface area contributed by atoms with E-state index < -0.39 is 0 Å². The Hall–Kier alpha value is -2.62. The Balaban J connectivity index is 2.24. The van der Waals surface area contributed by atoms with Gasteiger partial charge in [-0.15, -0.1) is 0 Å². The van der Waals surface area contributed by atoms with Crippen molar-refractivity contribution < 1.29 is 9.47 Å². The van der Waals surface area contributed by atoms with Crippen molar-refractivity contribution in [2.24, 2.45) is 0 Å². The molecule has 3 rings (SSSR count). The van der Waals surface area contributed by atoms with E-state index >= 15 is 0 Å². The summed E-state index contributed by atoms with van der Waals surface area (Å²) in [6.07, 6.45) is 3.48. The zero-order chi connectivity index (χ0) is 15.7. The fourth-order valence-electron chi connectivity index (χ4n) is 2.62. The first-order valence-electron chi connectivity index (χ1n) is 7.08. The van der Waals surface area contributed by atoms with Crippen molar-refractivity contribution in [3.63, 3.8) is 0 Å². The van der Waals surface area contributed by atoms with Gasteiger partial charge in [0.25, 0.3) is 0 Å². The predicted octanol–water partition coefficient (Wildman–Crippen LogP) is 3.93. The molecule has 2 aromatic heterocycles. The number of methoxy groups -OCH3 is 2. The van der Waals surface area contributed by atoms with Crippen LogP contribution in [0.15, 0.2) is 36.7 Å². The van der Waals surface area contributed by atoms with Crippen molar-refractivity contribution in [3.05, 3.63) is 47.8 Å². The van der Waals surface area contributed by atoms with Crippen molar-refractivity contribution >= 4 is 10.9 Å². The Morgan fingerprint density at radius 3 is 2.50 bits per heavy atom. The summed E-state index contributed by atoms with van der Waals surface area (Å²) in [7, 11) is 3.31. The zero-order valence-corrected chi connectivity index (χ0v) is 13.2. The third kappa shape index (κ3) is 2.37. The summed E-state index contributed by atoms with van der Waals surface area (Å²) in [5, 5.41) is 1.14. The van der Waals surface area contributed by atoms with Crippen LogP contribution in [0.2, 0.25) is 0 Å². The maximum absolute atomic E-state index is 5.40. The minimum atomic E-state index is 0.722. The molecule has 0 aliphatic carbocycles. The van der Waals surface area contributed by atoms with Crippen LogP contribution in [0.4, 0.5) is 0 Å². The highest BCUT2D eigenvalue weighted by Crippen LogP contribution is 2.31. The van der Waals surface area contributed by atoms with Crippen LogP contribution in [0.1, 0.15) is 11.1 Å². The summed E-state index contributed by atoms with van der Waals surface area (Å²) in [5.41, 5.74) is 4.99. The lowest BCUT2D eigenvalue weighted by molar-refractivity contribution is 0.412. The van der Waals surface area contributed by atoms with E-state index in [0.717, 1.165) is 39.2 Å². The highest BCUT2D eigenvalue weighted by Gasteiger charge is 2.11. The standard InChI is InChI=1S/C18H18N2O2/c1-11-7-16(13-8-14(21-3)10-19-9-13)20-18-12(2)17(22-4)6-5-15(11)18/h5-10H,1-4H3. The van der Waals surface area contributed by atoms with Crippen LogP contribution in [0, 0.1) is 13.8 Å². The molecule has 0 amide bonds. The molecule has 112 valence electrons. The number of fused-ring (bicyclic) bond motifs is 1. The number of aryl methyl sites for hydroxylation is 2. The SMILES string of the molecule is COc1cncc(-c2cc(C)c3ccc(OC)c(C)c3n2)c1. The first kappa shape index (κ1) is 14.3. The Morgan fingerprint density at radius 2 is 1.77 bits per heavy atom. The second kappa shape index (κ2) is 5.64. The van der Waals surface area contributed by atoms with E-state index in [1.807, 2.05) is 19.1 Å². The topological polar surface area (TPSA) is 44.2 Å². The number of rotatable bonds is 3. The van der Waals surface area contributed by atoms with E-state index in [1.54, 1.807) is 26.6 Å². The highest BCUT2D eigenvalue weighted by atomic mass is 16.5. The summed E-state index contributed by atoms with van der Waals surface area (Å²) in [6.45, 7) is 4.12. The fraction of sp³-hybridized carbons (Fsp3) is 0.222. The number of nitrogens with zero attached hydrogens (tertiary/aromatic N) is 2. The Morgan fingerprint density at radius 1 is 0.955 bits per heavy atom. The molecular weight excluding hydrogens is 276 g/mol. The monoisotopic (exact) mass is 294 g/mol. The molecule has 0 atom stereocenters. The van der Waals surface area contributed by atoms with Crippen LogP contribution >= 0.6 is 0 Å². The van der Waals surface area contributed by atoms with Gasteiger partial charge in [-0.1, -0.05) is 0 Å². The number of hydrogen-bond donors (Lipinski definition) is 0. The van der Waals surface area contributed by atoms with Crippen LogP contribution in [0.5, 0.6) is 11.5 Å². The van der Waals surface area contributed by atoms with Crippen molar-refractivity contribution in [2.45, 2.75) is 13.8 Å². The van der Waals surface area contributed by atoms with Gasteiger partial charge in [0.2, 0.25) is 0 Å². The van der Waals surface area contributed by atoms with Gasteiger partial charge in [0.1, 0.15) is 11.5 Å². The number of benzene rings is 1. The van der Waals surface area contributed by atoms with Crippen LogP contribution in [-0.2, 0) is 0 Å². The van der Waals surface area contributed by atoms with Gasteiger partial charge in [-0.2, -0.15) is 0 Å². The molecule has 0 aliphatic rings. The molecule has 0 N–H and O–H groups in total. The molecule has 22 heavy (non-hydrogen) atoms. The lowest BCUT2D eigenvalue weighted by Crippen LogP contribution is -1.95. The maximum atomic E-state index is 5.40. The summed E-state index contributed by atoms with van der Waals surface area (Å²) >= 11 is 0. The average Bonchev–Trinajstić information content (AvgIpc) is 2.55. The Labute approximate surface area is 129 Å². The zero-order valence-electron chi connectivity index (χ0n) is 13.2. The summed E-state index contributed by atoms with van der Waals surface area (Å²) in [4.78, 5) is 9.02. The van der Waals surface area contributed by atoms with Gasteiger partial charge in [-0.25, -0.2) is 4.98 Å². The lowest BCUT2D eigenvalue weighted by Gasteiger charge is -2.12. The molecule has 0 aliphatic heterocycles. The van der Waals surface area contributed by atoms with Crippen LogP contribution in [0.3, 0.4) is 0 Å². The normalized spacial score (nSPS) is 10.7. The molecule has 0 saturated carbocycles. The molecule has 0 spiro atoms. The second-order valence-electron chi connectivity index (χ2n) is 5.23. The van der Waals surface area contributed by atoms with E-state index in [2.05, 4.69) is 24.0 Å². The number of pyridine rings is 2. The van der Waals surface area contributed by atoms with Gasteiger partial charge in [-0.3, -0.25) is 4.98 Å². The molecule has 1 aromatic carbocycles. The molecule has 2 heterocycles. The van der Waals surface area contributed by atoms with E-state index in [9.17, 15) is 0 Å². The number of ether oxygens (including phenoxy) is 2. The van der Waals surface area contributed by atoms with Crippen molar-refractivity contribution in [1.82, 2.24) is 9.97 Å². The largest absolute Gasteiger partial charge is 0.496 e. The Kier molecular flexibility index (Phi) is 3.67. The van der Waals surface area contributed by atoms with E-state index in [0.29, 0.717) is 0 Å². The highest BCUT2D eigenvalue weighted by molar-refractivity contribution is 5.89. The second-order valence-corrected chi connectivity index (χ2v) is 5.23. The summed E-state index contributed by atoms with van der Waals surface area (Å²) in [6, 6.07) is 8.05. The summed E-state index contributed by atoms with van der Waals surface area (Å²) < 4.78 is 10.6.